The van der Waals surface area contributed by atoms with Gasteiger partial charge in [0.15, 0.2) is 18.5 Å². The van der Waals surface area contributed by atoms with Gasteiger partial charge >= 0.3 is 0 Å². The van der Waals surface area contributed by atoms with Crippen LogP contribution in [0.25, 0.3) is 0 Å². The number of ether oxygens (including phenoxy) is 3. The van der Waals surface area contributed by atoms with Crippen molar-refractivity contribution in [3.8, 4) is 5.75 Å². The van der Waals surface area contributed by atoms with Crippen LogP contribution in [-0.4, -0.2) is 48.9 Å². The average Bonchev–Trinajstić information content (AvgIpc) is 3.07. The minimum atomic E-state index is -0.967. The minimum absolute atomic E-state index is 0.234. The standard InChI is InChI=1S/C20H20N2O5/c1-25-15-9-7-14(8-10-15)21-19(23)17-18-20(24)22(12-16(26-17)27-18)11-13-5-3-2-4-6-13/h2-10,16-18H,11-12H2,1H3,(H,21,23)/t16-,17-,18-/m1/s1. The Morgan fingerprint density at radius 2 is 1.89 bits per heavy atom. The molecule has 2 aliphatic heterocycles. The number of morpholine rings is 1. The van der Waals surface area contributed by atoms with Crippen LogP contribution in [0, 0.1) is 0 Å². The molecule has 7 nitrogen and oxygen atoms in total. The highest BCUT2D eigenvalue weighted by molar-refractivity contribution is 5.99. The molecule has 0 spiro atoms. The quantitative estimate of drug-likeness (QED) is 0.871. The number of nitrogens with one attached hydrogen (secondary N) is 1. The molecule has 1 N–H and O–H groups in total. The smallest absolute Gasteiger partial charge is 0.256 e. The fourth-order valence-corrected chi connectivity index (χ4v) is 3.26. The van der Waals surface area contributed by atoms with Gasteiger partial charge in [-0.1, -0.05) is 30.3 Å². The van der Waals surface area contributed by atoms with E-state index in [1.165, 1.54) is 0 Å². The molecule has 2 bridgehead atoms. The van der Waals surface area contributed by atoms with Crippen LogP contribution in [-0.2, 0) is 25.6 Å². The lowest BCUT2D eigenvalue weighted by Crippen LogP contribution is -2.50. The Morgan fingerprint density at radius 3 is 2.59 bits per heavy atom. The van der Waals surface area contributed by atoms with E-state index in [-0.39, 0.29) is 5.91 Å². The van der Waals surface area contributed by atoms with E-state index in [9.17, 15) is 9.59 Å². The van der Waals surface area contributed by atoms with Gasteiger partial charge in [0.2, 0.25) is 0 Å². The summed E-state index contributed by atoms with van der Waals surface area (Å²) in [6, 6.07) is 16.6. The number of nitrogens with zero attached hydrogens (tertiary/aromatic N) is 1. The maximum atomic E-state index is 12.8. The van der Waals surface area contributed by atoms with Crippen molar-refractivity contribution in [3.63, 3.8) is 0 Å². The number of hydrogen-bond acceptors (Lipinski definition) is 5. The first-order valence-corrected chi connectivity index (χ1v) is 8.72. The first kappa shape index (κ1) is 17.5. The van der Waals surface area contributed by atoms with Gasteiger partial charge in [-0.25, -0.2) is 0 Å². The molecule has 140 valence electrons. The van der Waals surface area contributed by atoms with Crippen molar-refractivity contribution in [3.05, 3.63) is 60.2 Å². The predicted octanol–water partition coefficient (Wildman–Crippen LogP) is 1.79. The van der Waals surface area contributed by atoms with Crippen LogP contribution in [0.15, 0.2) is 54.6 Å². The molecule has 3 atom stereocenters. The lowest BCUT2D eigenvalue weighted by atomic mass is 10.1. The molecule has 27 heavy (non-hydrogen) atoms. The molecule has 0 unspecified atom stereocenters. The van der Waals surface area contributed by atoms with Crippen molar-refractivity contribution < 1.29 is 23.8 Å². The van der Waals surface area contributed by atoms with Gasteiger partial charge < -0.3 is 24.4 Å². The van der Waals surface area contributed by atoms with Crippen LogP contribution < -0.4 is 10.1 Å². The van der Waals surface area contributed by atoms with Crippen molar-refractivity contribution >= 4 is 17.5 Å². The zero-order chi connectivity index (χ0) is 18.8. The third-order valence-electron chi connectivity index (χ3n) is 4.63. The predicted molar refractivity (Wildman–Crippen MR) is 97.0 cm³/mol. The Hall–Kier alpha value is -2.90. The van der Waals surface area contributed by atoms with Gasteiger partial charge in [-0.05, 0) is 29.8 Å². The normalized spacial score (nSPS) is 24.0. The highest BCUT2D eigenvalue weighted by Gasteiger charge is 2.51. The Labute approximate surface area is 156 Å². The van der Waals surface area contributed by atoms with E-state index in [1.807, 2.05) is 30.3 Å². The SMILES string of the molecule is COc1ccc(NC(=O)[C@@H]2O[C@H]3CN(Cc4ccccc4)C(=O)[C@@H]2O3)cc1. The van der Waals surface area contributed by atoms with E-state index in [2.05, 4.69) is 5.32 Å². The van der Waals surface area contributed by atoms with Crippen molar-refractivity contribution in [1.82, 2.24) is 4.90 Å². The molecule has 2 aromatic rings. The topological polar surface area (TPSA) is 77.1 Å². The summed E-state index contributed by atoms with van der Waals surface area (Å²) in [4.78, 5) is 27.0. The summed E-state index contributed by atoms with van der Waals surface area (Å²) in [5.41, 5.74) is 1.62. The molecule has 2 aliphatic rings. The van der Waals surface area contributed by atoms with Crippen molar-refractivity contribution in [2.24, 2.45) is 0 Å². The monoisotopic (exact) mass is 368 g/mol. The summed E-state index contributed by atoms with van der Waals surface area (Å²) in [6.07, 6.45) is -2.49. The molecule has 2 fully saturated rings. The second-order valence-corrected chi connectivity index (χ2v) is 6.47. The molecule has 2 amide bonds. The van der Waals surface area contributed by atoms with Gasteiger partial charge in [0.1, 0.15) is 5.75 Å². The lowest BCUT2D eigenvalue weighted by molar-refractivity contribution is -0.162. The van der Waals surface area contributed by atoms with E-state index in [4.69, 9.17) is 14.2 Å². The molecular weight excluding hydrogens is 348 g/mol. The summed E-state index contributed by atoms with van der Waals surface area (Å²) in [7, 11) is 1.57. The summed E-state index contributed by atoms with van der Waals surface area (Å²) >= 11 is 0. The third kappa shape index (κ3) is 3.65. The number of hydrogen-bond donors (Lipinski definition) is 1. The summed E-state index contributed by atoms with van der Waals surface area (Å²) < 4.78 is 16.4. The maximum Gasteiger partial charge on any atom is 0.256 e. The van der Waals surface area contributed by atoms with Crippen molar-refractivity contribution in [2.75, 3.05) is 19.0 Å². The number of rotatable bonds is 5. The summed E-state index contributed by atoms with van der Waals surface area (Å²) in [5.74, 6) is 0.0566. The van der Waals surface area contributed by atoms with Crippen molar-refractivity contribution in [1.29, 1.82) is 0 Å². The lowest BCUT2D eigenvalue weighted by Gasteiger charge is -2.30. The zero-order valence-electron chi connectivity index (χ0n) is 14.8. The van der Waals surface area contributed by atoms with Crippen LogP contribution in [0.5, 0.6) is 5.75 Å². The zero-order valence-corrected chi connectivity index (χ0v) is 14.8. The van der Waals surface area contributed by atoms with Gasteiger partial charge in [0.25, 0.3) is 11.8 Å². The first-order chi connectivity index (χ1) is 13.1. The van der Waals surface area contributed by atoms with Crippen LogP contribution in [0.3, 0.4) is 0 Å². The van der Waals surface area contributed by atoms with Gasteiger partial charge in [-0.3, -0.25) is 9.59 Å². The molecule has 7 heteroatoms. The van der Waals surface area contributed by atoms with Crippen LogP contribution >= 0.6 is 0 Å². The maximum absolute atomic E-state index is 12.8. The van der Waals surface area contributed by atoms with Crippen LogP contribution in [0.4, 0.5) is 5.69 Å². The van der Waals surface area contributed by atoms with Gasteiger partial charge in [0, 0.05) is 12.2 Å². The summed E-state index contributed by atoms with van der Waals surface area (Å²) in [5, 5.41) is 2.76. The largest absolute Gasteiger partial charge is 0.497 e. The fourth-order valence-electron chi connectivity index (χ4n) is 3.26. The molecule has 2 saturated heterocycles. The van der Waals surface area contributed by atoms with E-state index in [1.54, 1.807) is 36.3 Å². The molecular formula is C20H20N2O5. The number of carbonyl (C=O) groups is 2. The van der Waals surface area contributed by atoms with E-state index < -0.39 is 24.4 Å². The van der Waals surface area contributed by atoms with Gasteiger partial charge in [-0.15, -0.1) is 0 Å². The minimum Gasteiger partial charge on any atom is -0.497 e. The average molecular weight is 368 g/mol. The second kappa shape index (κ2) is 7.38. The highest BCUT2D eigenvalue weighted by atomic mass is 16.7. The molecule has 2 aromatic carbocycles. The van der Waals surface area contributed by atoms with E-state index in [0.29, 0.717) is 24.5 Å². The number of carbonyl (C=O) groups excluding carboxylic acids is 2. The molecule has 0 saturated carbocycles. The Morgan fingerprint density at radius 1 is 1.15 bits per heavy atom. The Kier molecular flexibility index (Phi) is 4.79. The number of amides is 2. The second-order valence-electron chi connectivity index (χ2n) is 6.47. The number of fused-ring (bicyclic) bond motifs is 2. The molecule has 0 aromatic heterocycles. The number of benzene rings is 2. The number of anilines is 1. The van der Waals surface area contributed by atoms with Gasteiger partial charge in [-0.2, -0.15) is 0 Å². The van der Waals surface area contributed by atoms with E-state index in [0.717, 1.165) is 5.56 Å². The Balaban J connectivity index is 1.43. The number of methoxy groups -OCH3 is 1. The highest BCUT2D eigenvalue weighted by Crippen LogP contribution is 2.29. The fraction of sp³-hybridized carbons (Fsp3) is 0.300. The molecule has 4 rings (SSSR count). The summed E-state index contributed by atoms with van der Waals surface area (Å²) in [6.45, 7) is 0.767. The first-order valence-electron chi connectivity index (χ1n) is 8.72. The van der Waals surface area contributed by atoms with Crippen molar-refractivity contribution in [2.45, 2.75) is 25.0 Å². The molecule has 0 aliphatic carbocycles. The van der Waals surface area contributed by atoms with Crippen LogP contribution in [0.1, 0.15) is 5.56 Å². The third-order valence-corrected chi connectivity index (χ3v) is 4.63. The molecule has 0 radical (unpaired) electrons. The molecule has 2 heterocycles. The van der Waals surface area contributed by atoms with E-state index >= 15 is 0 Å². The Bertz CT molecular complexity index is 824. The van der Waals surface area contributed by atoms with Gasteiger partial charge in [0.05, 0.1) is 13.7 Å². The van der Waals surface area contributed by atoms with Crippen LogP contribution in [0.2, 0.25) is 0 Å².